The van der Waals surface area contributed by atoms with E-state index in [2.05, 4.69) is 51.8 Å². The summed E-state index contributed by atoms with van der Waals surface area (Å²) >= 11 is 0. The highest BCUT2D eigenvalue weighted by molar-refractivity contribution is 4.89. The molecule has 1 fully saturated rings. The Kier molecular flexibility index (Phi) is 6.96. The fourth-order valence-electron chi connectivity index (χ4n) is 3.38. The highest BCUT2D eigenvalue weighted by Crippen LogP contribution is 2.27. The van der Waals surface area contributed by atoms with Crippen molar-refractivity contribution in [3.8, 4) is 0 Å². The van der Waals surface area contributed by atoms with E-state index in [1.165, 1.54) is 25.7 Å². The molecular formula is C17H36N2O. The lowest BCUT2D eigenvalue weighted by Gasteiger charge is -2.47. The van der Waals surface area contributed by atoms with Crippen molar-refractivity contribution in [2.45, 2.75) is 84.5 Å². The highest BCUT2D eigenvalue weighted by Gasteiger charge is 2.37. The summed E-state index contributed by atoms with van der Waals surface area (Å²) in [7, 11) is 0. The third-order valence-corrected chi connectivity index (χ3v) is 3.92. The second kappa shape index (κ2) is 7.77. The molecule has 0 spiro atoms. The van der Waals surface area contributed by atoms with Crippen LogP contribution in [0.4, 0.5) is 0 Å². The SMILES string of the molecule is CCCCCC(C)NCCN1CC(C)(C)OC(C)(C)C1. The van der Waals surface area contributed by atoms with Gasteiger partial charge in [-0.2, -0.15) is 0 Å². The Morgan fingerprint density at radius 3 is 2.25 bits per heavy atom. The van der Waals surface area contributed by atoms with Crippen molar-refractivity contribution in [1.82, 2.24) is 10.2 Å². The molecule has 0 aliphatic carbocycles. The Balaban J connectivity index is 2.24. The van der Waals surface area contributed by atoms with E-state index >= 15 is 0 Å². The van der Waals surface area contributed by atoms with Gasteiger partial charge in [0, 0.05) is 32.2 Å². The van der Waals surface area contributed by atoms with Crippen LogP contribution in [0.25, 0.3) is 0 Å². The minimum atomic E-state index is -0.0332. The summed E-state index contributed by atoms with van der Waals surface area (Å²) in [6.07, 6.45) is 5.32. The topological polar surface area (TPSA) is 24.5 Å². The number of nitrogens with one attached hydrogen (secondary N) is 1. The highest BCUT2D eigenvalue weighted by atomic mass is 16.5. The molecule has 1 atom stereocenters. The number of hydrogen-bond donors (Lipinski definition) is 1. The van der Waals surface area contributed by atoms with Crippen LogP contribution in [0.15, 0.2) is 0 Å². The molecule has 3 heteroatoms. The molecule has 120 valence electrons. The zero-order valence-electron chi connectivity index (χ0n) is 14.6. The first kappa shape index (κ1) is 17.9. The van der Waals surface area contributed by atoms with Crippen LogP contribution in [-0.2, 0) is 4.74 Å². The van der Waals surface area contributed by atoms with Gasteiger partial charge in [0.15, 0.2) is 0 Å². The van der Waals surface area contributed by atoms with E-state index in [1.807, 2.05) is 0 Å². The lowest BCUT2D eigenvalue weighted by molar-refractivity contribution is -0.180. The molecule has 0 saturated carbocycles. The summed E-state index contributed by atoms with van der Waals surface area (Å²) in [5.74, 6) is 0. The zero-order valence-corrected chi connectivity index (χ0v) is 14.6. The fraction of sp³-hybridized carbons (Fsp3) is 1.00. The molecule has 1 rings (SSSR count). The van der Waals surface area contributed by atoms with Gasteiger partial charge in [-0.1, -0.05) is 26.2 Å². The lowest BCUT2D eigenvalue weighted by atomic mass is 9.99. The van der Waals surface area contributed by atoms with Crippen molar-refractivity contribution in [2.24, 2.45) is 0 Å². The molecule has 0 amide bonds. The molecule has 0 aromatic heterocycles. The largest absolute Gasteiger partial charge is 0.367 e. The first-order chi connectivity index (χ1) is 9.24. The van der Waals surface area contributed by atoms with Crippen LogP contribution in [0, 0.1) is 0 Å². The van der Waals surface area contributed by atoms with E-state index in [0.29, 0.717) is 6.04 Å². The van der Waals surface area contributed by atoms with Gasteiger partial charge >= 0.3 is 0 Å². The number of morpholine rings is 1. The summed E-state index contributed by atoms with van der Waals surface area (Å²) in [5, 5.41) is 3.66. The molecule has 1 saturated heterocycles. The molecule has 1 aliphatic heterocycles. The third kappa shape index (κ3) is 7.05. The minimum Gasteiger partial charge on any atom is -0.367 e. The van der Waals surface area contributed by atoms with Gasteiger partial charge in [-0.3, -0.25) is 4.90 Å². The average molecular weight is 284 g/mol. The van der Waals surface area contributed by atoms with Crippen molar-refractivity contribution < 1.29 is 4.74 Å². The van der Waals surface area contributed by atoms with Gasteiger partial charge in [-0.05, 0) is 41.0 Å². The van der Waals surface area contributed by atoms with Crippen LogP contribution in [0.2, 0.25) is 0 Å². The monoisotopic (exact) mass is 284 g/mol. The molecule has 0 aromatic rings. The van der Waals surface area contributed by atoms with Crippen LogP contribution in [0.3, 0.4) is 0 Å². The minimum absolute atomic E-state index is 0.0332. The summed E-state index contributed by atoms with van der Waals surface area (Å²) in [6, 6.07) is 0.642. The van der Waals surface area contributed by atoms with E-state index in [4.69, 9.17) is 4.74 Å². The predicted molar refractivity (Wildman–Crippen MR) is 87.3 cm³/mol. The van der Waals surface area contributed by atoms with Gasteiger partial charge in [0.2, 0.25) is 0 Å². The second-order valence-corrected chi connectivity index (χ2v) is 7.68. The Morgan fingerprint density at radius 2 is 1.70 bits per heavy atom. The van der Waals surface area contributed by atoms with Gasteiger partial charge < -0.3 is 10.1 Å². The molecular weight excluding hydrogens is 248 g/mol. The molecule has 1 unspecified atom stereocenters. The summed E-state index contributed by atoms with van der Waals surface area (Å²) in [6.45, 7) is 17.6. The molecule has 1 N–H and O–H groups in total. The number of nitrogens with zero attached hydrogens (tertiary/aromatic N) is 1. The molecule has 3 nitrogen and oxygen atoms in total. The van der Waals surface area contributed by atoms with E-state index in [0.717, 1.165) is 26.2 Å². The number of rotatable bonds is 8. The molecule has 0 aromatic carbocycles. The molecule has 1 aliphatic rings. The van der Waals surface area contributed by atoms with E-state index in [1.54, 1.807) is 0 Å². The Morgan fingerprint density at radius 1 is 1.10 bits per heavy atom. The van der Waals surface area contributed by atoms with Crippen LogP contribution in [-0.4, -0.2) is 48.3 Å². The quantitative estimate of drug-likeness (QED) is 0.691. The van der Waals surface area contributed by atoms with Gasteiger partial charge in [0.1, 0.15) is 0 Å². The van der Waals surface area contributed by atoms with E-state index in [-0.39, 0.29) is 11.2 Å². The Bertz CT molecular complexity index is 260. The molecule has 0 bridgehead atoms. The standard InChI is InChI=1S/C17H36N2O/c1-7-8-9-10-15(2)18-11-12-19-13-16(3,4)20-17(5,6)14-19/h15,18H,7-14H2,1-6H3. The van der Waals surface area contributed by atoms with Crippen LogP contribution in [0.1, 0.15) is 67.2 Å². The smallest absolute Gasteiger partial charge is 0.0760 e. The maximum atomic E-state index is 6.12. The maximum Gasteiger partial charge on any atom is 0.0760 e. The van der Waals surface area contributed by atoms with Gasteiger partial charge in [0.05, 0.1) is 11.2 Å². The van der Waals surface area contributed by atoms with Gasteiger partial charge in [-0.25, -0.2) is 0 Å². The maximum absolute atomic E-state index is 6.12. The van der Waals surface area contributed by atoms with E-state index < -0.39 is 0 Å². The van der Waals surface area contributed by atoms with Crippen molar-refractivity contribution in [2.75, 3.05) is 26.2 Å². The Labute approximate surface area is 126 Å². The van der Waals surface area contributed by atoms with Gasteiger partial charge in [-0.15, -0.1) is 0 Å². The summed E-state index contributed by atoms with van der Waals surface area (Å²) in [5.41, 5.74) is -0.0665. The molecule has 20 heavy (non-hydrogen) atoms. The molecule has 0 radical (unpaired) electrons. The number of hydrogen-bond acceptors (Lipinski definition) is 3. The van der Waals surface area contributed by atoms with Crippen molar-refractivity contribution in [1.29, 1.82) is 0 Å². The van der Waals surface area contributed by atoms with Crippen LogP contribution in [0.5, 0.6) is 0 Å². The average Bonchev–Trinajstić information content (AvgIpc) is 2.25. The fourth-order valence-corrected chi connectivity index (χ4v) is 3.38. The predicted octanol–water partition coefficient (Wildman–Crippen LogP) is 3.43. The van der Waals surface area contributed by atoms with Crippen molar-refractivity contribution in [3.63, 3.8) is 0 Å². The van der Waals surface area contributed by atoms with Gasteiger partial charge in [0.25, 0.3) is 0 Å². The summed E-state index contributed by atoms with van der Waals surface area (Å²) in [4.78, 5) is 2.54. The first-order valence-electron chi connectivity index (χ1n) is 8.40. The second-order valence-electron chi connectivity index (χ2n) is 7.68. The normalized spacial score (nSPS) is 23.7. The van der Waals surface area contributed by atoms with Crippen LogP contribution < -0.4 is 5.32 Å². The Hall–Kier alpha value is -0.120. The van der Waals surface area contributed by atoms with Crippen LogP contribution >= 0.6 is 0 Å². The van der Waals surface area contributed by atoms with E-state index in [9.17, 15) is 0 Å². The third-order valence-electron chi connectivity index (χ3n) is 3.92. The van der Waals surface area contributed by atoms with Crippen molar-refractivity contribution in [3.05, 3.63) is 0 Å². The first-order valence-corrected chi connectivity index (χ1v) is 8.40. The lowest BCUT2D eigenvalue weighted by Crippen LogP contribution is -2.58. The number of ether oxygens (including phenoxy) is 1. The molecule has 1 heterocycles. The van der Waals surface area contributed by atoms with Crippen molar-refractivity contribution >= 4 is 0 Å². The summed E-state index contributed by atoms with van der Waals surface area (Å²) < 4.78 is 6.12. The zero-order chi connectivity index (χ0) is 15.2. The number of unbranched alkanes of at least 4 members (excludes halogenated alkanes) is 2.